The molecular weight excluding hydrogens is 544 g/mol. The molecule has 186 valence electrons. The molecule has 0 saturated heterocycles. The van der Waals surface area contributed by atoms with Crippen LogP contribution in [0.5, 0.6) is 5.75 Å². The molecule has 0 atom stereocenters. The molecule has 5 rings (SSSR count). The predicted molar refractivity (Wildman–Crippen MR) is 138 cm³/mol. The van der Waals surface area contributed by atoms with Crippen molar-refractivity contribution in [3.05, 3.63) is 97.5 Å². The number of nitro groups is 1. The molecule has 2 heterocycles. The quantitative estimate of drug-likeness (QED) is 0.147. The molecule has 0 bridgehead atoms. The van der Waals surface area contributed by atoms with Crippen LogP contribution in [0.1, 0.15) is 50.6 Å². The molecule has 1 amide bonds. The summed E-state index contributed by atoms with van der Waals surface area (Å²) in [6, 6.07) is 12.3. The average Bonchev–Trinajstić information content (AvgIpc) is 3.26. The lowest BCUT2D eigenvalue weighted by atomic mass is 9.93. The number of amides is 1. The van der Waals surface area contributed by atoms with Gasteiger partial charge in [-0.15, -0.1) is 0 Å². The van der Waals surface area contributed by atoms with Gasteiger partial charge in [0.15, 0.2) is 5.75 Å². The van der Waals surface area contributed by atoms with Crippen molar-refractivity contribution in [2.75, 3.05) is 0 Å². The number of nitrogens with one attached hydrogen (secondary N) is 1. The van der Waals surface area contributed by atoms with Gasteiger partial charge >= 0.3 is 5.97 Å². The second-order valence-corrected chi connectivity index (χ2v) is 9.20. The summed E-state index contributed by atoms with van der Waals surface area (Å²) in [6.07, 6.45) is 3.53. The number of fused-ring (bicyclic) bond motifs is 2. The Balaban J connectivity index is 1.39. The Kier molecular flexibility index (Phi) is 6.53. The monoisotopic (exact) mass is 562 g/mol. The normalized spacial score (nSPS) is 13.8. The van der Waals surface area contributed by atoms with Crippen LogP contribution in [-0.2, 0) is 6.42 Å². The molecule has 2 aromatic heterocycles. The van der Waals surface area contributed by atoms with Crippen molar-refractivity contribution in [3.63, 3.8) is 0 Å². The zero-order chi connectivity index (χ0) is 26.1. The molecule has 0 radical (unpaired) electrons. The summed E-state index contributed by atoms with van der Waals surface area (Å²) in [4.78, 5) is 40.2. The van der Waals surface area contributed by atoms with Gasteiger partial charge in [-0.3, -0.25) is 19.9 Å². The average molecular weight is 563 g/mol. The van der Waals surface area contributed by atoms with Crippen LogP contribution in [0.3, 0.4) is 0 Å². The third-order valence-electron chi connectivity index (χ3n) is 6.03. The van der Waals surface area contributed by atoms with E-state index in [4.69, 9.17) is 9.15 Å². The molecule has 2 aromatic carbocycles. The van der Waals surface area contributed by atoms with Gasteiger partial charge in [-0.25, -0.2) is 10.2 Å². The van der Waals surface area contributed by atoms with E-state index in [0.29, 0.717) is 46.7 Å². The number of aryl methyl sites for hydroxylation is 1. The summed E-state index contributed by atoms with van der Waals surface area (Å²) < 4.78 is 12.4. The van der Waals surface area contributed by atoms with Crippen LogP contribution in [0.2, 0.25) is 0 Å². The molecule has 0 spiro atoms. The van der Waals surface area contributed by atoms with Gasteiger partial charge in [0.05, 0.1) is 10.6 Å². The first-order valence-electron chi connectivity index (χ1n) is 11.3. The Hall–Kier alpha value is -4.38. The zero-order valence-corrected chi connectivity index (χ0v) is 21.1. The third kappa shape index (κ3) is 4.73. The highest BCUT2D eigenvalue weighted by atomic mass is 79.9. The van der Waals surface area contributed by atoms with E-state index in [1.807, 2.05) is 6.07 Å². The fourth-order valence-corrected chi connectivity index (χ4v) is 4.68. The maximum atomic E-state index is 13.1. The number of aromatic nitrogens is 1. The number of hydrogen-bond donors (Lipinski definition) is 1. The van der Waals surface area contributed by atoms with Crippen molar-refractivity contribution in [1.82, 2.24) is 10.4 Å². The van der Waals surface area contributed by atoms with Crippen LogP contribution in [0, 0.1) is 17.0 Å². The predicted octanol–water partition coefficient (Wildman–Crippen LogP) is 5.50. The van der Waals surface area contributed by atoms with Crippen LogP contribution < -0.4 is 10.2 Å². The summed E-state index contributed by atoms with van der Waals surface area (Å²) >= 11 is 3.48. The van der Waals surface area contributed by atoms with Crippen molar-refractivity contribution < 1.29 is 23.7 Å². The number of carbonyl (C=O) groups is 2. The number of esters is 1. The Labute approximate surface area is 218 Å². The fourth-order valence-electron chi connectivity index (χ4n) is 4.23. The van der Waals surface area contributed by atoms with E-state index in [9.17, 15) is 19.7 Å². The first kappa shape index (κ1) is 24.3. The molecule has 0 unspecified atom stereocenters. The summed E-state index contributed by atoms with van der Waals surface area (Å²) in [5, 5.41) is 15.9. The van der Waals surface area contributed by atoms with Crippen molar-refractivity contribution in [3.8, 4) is 5.75 Å². The highest BCUT2D eigenvalue weighted by Crippen LogP contribution is 2.33. The van der Waals surface area contributed by atoms with Gasteiger partial charge < -0.3 is 9.15 Å². The lowest BCUT2D eigenvalue weighted by Gasteiger charge is -2.13. The Morgan fingerprint density at radius 2 is 1.95 bits per heavy atom. The minimum Gasteiger partial charge on any atom is -0.453 e. The van der Waals surface area contributed by atoms with Gasteiger partial charge in [0, 0.05) is 51.3 Å². The van der Waals surface area contributed by atoms with Crippen LogP contribution >= 0.6 is 15.9 Å². The largest absolute Gasteiger partial charge is 0.453 e. The second-order valence-electron chi connectivity index (χ2n) is 8.35. The number of ether oxygens (including phenoxy) is 1. The van der Waals surface area contributed by atoms with Gasteiger partial charge in [-0.1, -0.05) is 22.0 Å². The van der Waals surface area contributed by atoms with Gasteiger partial charge in [-0.05, 0) is 50.1 Å². The maximum Gasteiger partial charge on any atom is 0.380 e. The number of hydrogen-bond acceptors (Lipinski definition) is 8. The molecule has 1 aliphatic carbocycles. The van der Waals surface area contributed by atoms with Crippen molar-refractivity contribution in [1.29, 1.82) is 0 Å². The molecule has 4 aromatic rings. The molecule has 0 saturated carbocycles. The molecule has 10 nitrogen and oxygen atoms in total. The highest BCUT2D eigenvalue weighted by molar-refractivity contribution is 9.10. The van der Waals surface area contributed by atoms with Gasteiger partial charge in [0.1, 0.15) is 11.3 Å². The number of pyridine rings is 1. The topological polar surface area (TPSA) is 137 Å². The second kappa shape index (κ2) is 9.94. The van der Waals surface area contributed by atoms with Crippen LogP contribution in [0.15, 0.2) is 68.7 Å². The summed E-state index contributed by atoms with van der Waals surface area (Å²) in [6.45, 7) is 1.75. The van der Waals surface area contributed by atoms with Crippen LogP contribution in [0.4, 0.5) is 5.69 Å². The minimum absolute atomic E-state index is 0.0632. The Morgan fingerprint density at radius 1 is 1.16 bits per heavy atom. The van der Waals surface area contributed by atoms with Gasteiger partial charge in [0.25, 0.3) is 11.6 Å². The van der Waals surface area contributed by atoms with Crippen molar-refractivity contribution in [2.45, 2.75) is 26.2 Å². The number of nitrogens with zero attached hydrogens (tertiary/aromatic N) is 3. The Bertz CT molecular complexity index is 1590. The molecule has 1 aliphatic rings. The van der Waals surface area contributed by atoms with Gasteiger partial charge in [0.2, 0.25) is 5.76 Å². The van der Waals surface area contributed by atoms with E-state index >= 15 is 0 Å². The third-order valence-corrected chi connectivity index (χ3v) is 6.72. The van der Waals surface area contributed by atoms with E-state index in [2.05, 4.69) is 31.4 Å². The number of non-ortho nitro benzene ring substituents is 1. The standard InChI is InChI=1S/C26H19BrN4O6/c1-14-22-19(29-30-25(32)15-7-9-16(10-8-15)31(34)35)5-2-6-20(22)36-24(14)26(33)37-21-12-11-18(27)17-4-3-13-28-23(17)21/h3-4,7-13H,2,5-6H2,1H3,(H,30,32)/b29-19+. The summed E-state index contributed by atoms with van der Waals surface area (Å²) in [5.74, 6) is -0.201. The van der Waals surface area contributed by atoms with E-state index in [1.54, 1.807) is 31.3 Å². The first-order chi connectivity index (χ1) is 17.8. The smallest absolute Gasteiger partial charge is 0.380 e. The molecule has 37 heavy (non-hydrogen) atoms. The number of furan rings is 1. The number of rotatable bonds is 5. The van der Waals surface area contributed by atoms with Crippen LogP contribution in [0.25, 0.3) is 10.9 Å². The molecule has 1 N–H and O–H groups in total. The van der Waals surface area contributed by atoms with E-state index < -0.39 is 16.8 Å². The molecule has 0 fully saturated rings. The zero-order valence-electron chi connectivity index (χ0n) is 19.5. The van der Waals surface area contributed by atoms with E-state index in [1.165, 1.54) is 24.3 Å². The van der Waals surface area contributed by atoms with E-state index in [0.717, 1.165) is 16.3 Å². The van der Waals surface area contributed by atoms with E-state index in [-0.39, 0.29) is 17.0 Å². The lowest BCUT2D eigenvalue weighted by Crippen LogP contribution is -2.22. The Morgan fingerprint density at radius 3 is 2.70 bits per heavy atom. The molecule has 0 aliphatic heterocycles. The number of carbonyl (C=O) groups excluding carboxylic acids is 2. The van der Waals surface area contributed by atoms with Crippen molar-refractivity contribution >= 4 is 50.1 Å². The van der Waals surface area contributed by atoms with Gasteiger partial charge in [-0.2, -0.15) is 5.10 Å². The van der Waals surface area contributed by atoms with Crippen molar-refractivity contribution in [2.24, 2.45) is 5.10 Å². The number of hydrazone groups is 1. The minimum atomic E-state index is -0.657. The molecular formula is C26H19BrN4O6. The number of nitro benzene ring substituents is 1. The molecule has 11 heteroatoms. The highest BCUT2D eigenvalue weighted by Gasteiger charge is 2.29. The maximum absolute atomic E-state index is 13.1. The first-order valence-corrected chi connectivity index (χ1v) is 12.1. The fraction of sp³-hybridized carbons (Fsp3) is 0.154. The lowest BCUT2D eigenvalue weighted by molar-refractivity contribution is -0.384. The summed E-state index contributed by atoms with van der Waals surface area (Å²) in [5.41, 5.74) is 4.97. The van der Waals surface area contributed by atoms with Crippen LogP contribution in [-0.4, -0.2) is 27.5 Å². The SMILES string of the molecule is Cc1c(C(=O)Oc2ccc(Br)c3cccnc23)oc2c1/C(=N/NC(=O)c1ccc([N+](=O)[O-])cc1)CCC2. The number of halogens is 1. The summed E-state index contributed by atoms with van der Waals surface area (Å²) in [7, 11) is 0. The number of benzene rings is 2.